The van der Waals surface area contributed by atoms with Crippen molar-refractivity contribution in [2.24, 2.45) is 0 Å². The highest BCUT2D eigenvalue weighted by atomic mass is 16.6. The van der Waals surface area contributed by atoms with E-state index in [9.17, 15) is 10.1 Å². The van der Waals surface area contributed by atoms with Crippen molar-refractivity contribution < 1.29 is 4.92 Å². The van der Waals surface area contributed by atoms with Gasteiger partial charge in [-0.2, -0.15) is 0 Å². The number of rotatable bonds is 4. The molecule has 0 fully saturated rings. The van der Waals surface area contributed by atoms with Crippen molar-refractivity contribution in [2.75, 3.05) is 11.9 Å². The third kappa shape index (κ3) is 3.09. The maximum absolute atomic E-state index is 11.0. The lowest BCUT2D eigenvalue weighted by Crippen LogP contribution is -2.19. The molecule has 0 aliphatic carbocycles. The highest BCUT2D eigenvalue weighted by molar-refractivity contribution is 5.45. The van der Waals surface area contributed by atoms with E-state index in [1.165, 1.54) is 6.07 Å². The number of nitro groups is 1. The second-order valence-electron chi connectivity index (χ2n) is 4.66. The molecule has 104 valence electrons. The number of nitrogens with zero attached hydrogens (tertiary/aromatic N) is 4. The molecule has 0 aliphatic rings. The number of anilines is 1. The fourth-order valence-electron chi connectivity index (χ4n) is 2.05. The van der Waals surface area contributed by atoms with E-state index in [1.807, 2.05) is 31.9 Å². The first kappa shape index (κ1) is 13.9. The van der Waals surface area contributed by atoms with E-state index < -0.39 is 0 Å². The van der Waals surface area contributed by atoms with Crippen LogP contribution in [0.5, 0.6) is 0 Å². The lowest BCUT2D eigenvalue weighted by atomic mass is 10.1. The molecule has 6 heteroatoms. The van der Waals surface area contributed by atoms with Crippen LogP contribution in [0.3, 0.4) is 0 Å². The number of para-hydroxylation sites is 1. The van der Waals surface area contributed by atoms with Crippen LogP contribution in [0.4, 0.5) is 11.5 Å². The Morgan fingerprint density at radius 3 is 2.60 bits per heavy atom. The van der Waals surface area contributed by atoms with Crippen molar-refractivity contribution in [3.63, 3.8) is 0 Å². The number of benzene rings is 1. The van der Waals surface area contributed by atoms with E-state index in [-0.39, 0.29) is 10.6 Å². The van der Waals surface area contributed by atoms with Gasteiger partial charge in [-0.3, -0.25) is 10.1 Å². The van der Waals surface area contributed by atoms with Gasteiger partial charge in [-0.1, -0.05) is 18.2 Å². The summed E-state index contributed by atoms with van der Waals surface area (Å²) >= 11 is 0. The standard InChI is InChI=1S/C14H16N4O2/c1-10-8-14(16-11(2)15-10)17(3)9-12-6-4-5-7-13(12)18(19)20/h4-8H,9H2,1-3H3. The summed E-state index contributed by atoms with van der Waals surface area (Å²) < 4.78 is 0. The van der Waals surface area contributed by atoms with E-state index in [4.69, 9.17) is 0 Å². The van der Waals surface area contributed by atoms with Gasteiger partial charge in [0, 0.05) is 30.4 Å². The van der Waals surface area contributed by atoms with E-state index in [0.29, 0.717) is 17.9 Å². The molecule has 0 amide bonds. The smallest absolute Gasteiger partial charge is 0.274 e. The largest absolute Gasteiger partial charge is 0.355 e. The Hall–Kier alpha value is -2.50. The molecule has 0 aliphatic heterocycles. The Bertz CT molecular complexity index is 623. The van der Waals surface area contributed by atoms with Crippen molar-refractivity contribution in [2.45, 2.75) is 20.4 Å². The first-order valence-corrected chi connectivity index (χ1v) is 6.23. The second kappa shape index (κ2) is 5.64. The minimum atomic E-state index is -0.361. The van der Waals surface area contributed by atoms with Gasteiger partial charge in [0.15, 0.2) is 0 Å². The van der Waals surface area contributed by atoms with Crippen LogP contribution < -0.4 is 4.90 Å². The molecule has 0 unspecified atom stereocenters. The molecule has 1 heterocycles. The van der Waals surface area contributed by atoms with Crippen molar-refractivity contribution in [1.82, 2.24) is 9.97 Å². The molecule has 20 heavy (non-hydrogen) atoms. The van der Waals surface area contributed by atoms with Crippen molar-refractivity contribution in [1.29, 1.82) is 0 Å². The van der Waals surface area contributed by atoms with Gasteiger partial charge in [0.05, 0.1) is 11.5 Å². The minimum absolute atomic E-state index is 0.127. The number of aryl methyl sites for hydroxylation is 2. The molecule has 0 saturated carbocycles. The maximum atomic E-state index is 11.0. The lowest BCUT2D eigenvalue weighted by molar-refractivity contribution is -0.385. The van der Waals surface area contributed by atoms with Gasteiger partial charge in [0.25, 0.3) is 5.69 Å². The highest BCUT2D eigenvalue weighted by Gasteiger charge is 2.15. The zero-order valence-corrected chi connectivity index (χ0v) is 11.7. The number of hydrogen-bond acceptors (Lipinski definition) is 5. The topological polar surface area (TPSA) is 72.2 Å². The van der Waals surface area contributed by atoms with Gasteiger partial charge in [0.1, 0.15) is 11.6 Å². The van der Waals surface area contributed by atoms with E-state index >= 15 is 0 Å². The third-order valence-corrected chi connectivity index (χ3v) is 2.94. The summed E-state index contributed by atoms with van der Waals surface area (Å²) in [7, 11) is 1.86. The predicted octanol–water partition coefficient (Wildman–Crippen LogP) is 2.64. The summed E-state index contributed by atoms with van der Waals surface area (Å²) in [5.41, 5.74) is 1.66. The quantitative estimate of drug-likeness (QED) is 0.632. The SMILES string of the molecule is Cc1cc(N(C)Cc2ccccc2[N+](=O)[O-])nc(C)n1. The monoisotopic (exact) mass is 272 g/mol. The zero-order chi connectivity index (χ0) is 14.7. The zero-order valence-electron chi connectivity index (χ0n) is 11.7. The van der Waals surface area contributed by atoms with E-state index in [0.717, 1.165) is 11.5 Å². The average molecular weight is 272 g/mol. The molecule has 1 aromatic heterocycles. The summed E-state index contributed by atoms with van der Waals surface area (Å²) in [5.74, 6) is 1.45. The van der Waals surface area contributed by atoms with Gasteiger partial charge in [-0.25, -0.2) is 9.97 Å². The molecular formula is C14H16N4O2. The Kier molecular flexibility index (Phi) is 3.93. The Morgan fingerprint density at radius 1 is 1.25 bits per heavy atom. The summed E-state index contributed by atoms with van der Waals surface area (Å²) in [6, 6.07) is 8.60. The molecule has 6 nitrogen and oxygen atoms in total. The van der Waals surface area contributed by atoms with E-state index in [1.54, 1.807) is 18.2 Å². The predicted molar refractivity (Wildman–Crippen MR) is 76.7 cm³/mol. The van der Waals surface area contributed by atoms with Crippen LogP contribution in [-0.2, 0) is 6.54 Å². The van der Waals surface area contributed by atoms with Crippen LogP contribution in [0.2, 0.25) is 0 Å². The normalized spacial score (nSPS) is 10.3. The molecular weight excluding hydrogens is 256 g/mol. The molecule has 0 N–H and O–H groups in total. The number of nitro benzene ring substituents is 1. The maximum Gasteiger partial charge on any atom is 0.274 e. The molecule has 0 bridgehead atoms. The van der Waals surface area contributed by atoms with Gasteiger partial charge < -0.3 is 4.90 Å². The number of aromatic nitrogens is 2. The molecule has 2 rings (SSSR count). The molecule has 0 atom stereocenters. The van der Waals surface area contributed by atoms with Crippen LogP contribution in [0, 0.1) is 24.0 Å². The molecule has 0 spiro atoms. The summed E-state index contributed by atoms with van der Waals surface area (Å²) in [5, 5.41) is 11.0. The highest BCUT2D eigenvalue weighted by Crippen LogP contribution is 2.21. The first-order valence-electron chi connectivity index (χ1n) is 6.23. The average Bonchev–Trinajstić information content (AvgIpc) is 2.37. The van der Waals surface area contributed by atoms with Gasteiger partial charge in [-0.15, -0.1) is 0 Å². The van der Waals surface area contributed by atoms with Crippen LogP contribution in [0.25, 0.3) is 0 Å². The summed E-state index contributed by atoms with van der Waals surface area (Å²) in [6.07, 6.45) is 0. The van der Waals surface area contributed by atoms with Crippen molar-refractivity contribution in [3.05, 3.63) is 57.5 Å². The van der Waals surface area contributed by atoms with E-state index in [2.05, 4.69) is 9.97 Å². The second-order valence-corrected chi connectivity index (χ2v) is 4.66. The van der Waals surface area contributed by atoms with Crippen molar-refractivity contribution in [3.8, 4) is 0 Å². The van der Waals surface area contributed by atoms with Crippen molar-refractivity contribution >= 4 is 11.5 Å². The van der Waals surface area contributed by atoms with Crippen LogP contribution in [0.15, 0.2) is 30.3 Å². The summed E-state index contributed by atoms with van der Waals surface area (Å²) in [6.45, 7) is 4.15. The Labute approximate surface area is 117 Å². The van der Waals surface area contributed by atoms with Crippen LogP contribution >= 0.6 is 0 Å². The first-order chi connectivity index (χ1) is 9.47. The van der Waals surface area contributed by atoms with Crippen LogP contribution in [0.1, 0.15) is 17.1 Å². The van der Waals surface area contributed by atoms with Gasteiger partial charge in [0.2, 0.25) is 0 Å². The Morgan fingerprint density at radius 2 is 1.95 bits per heavy atom. The fraction of sp³-hybridized carbons (Fsp3) is 0.286. The van der Waals surface area contributed by atoms with Gasteiger partial charge >= 0.3 is 0 Å². The minimum Gasteiger partial charge on any atom is -0.355 e. The molecule has 2 aromatic rings. The lowest BCUT2D eigenvalue weighted by Gasteiger charge is -2.18. The fourth-order valence-corrected chi connectivity index (χ4v) is 2.05. The Balaban J connectivity index is 2.28. The van der Waals surface area contributed by atoms with Crippen LogP contribution in [-0.4, -0.2) is 21.9 Å². The number of hydrogen-bond donors (Lipinski definition) is 0. The molecule has 1 aromatic carbocycles. The summed E-state index contributed by atoms with van der Waals surface area (Å²) in [4.78, 5) is 21.1. The molecule has 0 saturated heterocycles. The molecule has 0 radical (unpaired) electrons. The third-order valence-electron chi connectivity index (χ3n) is 2.94. The van der Waals surface area contributed by atoms with Gasteiger partial charge in [-0.05, 0) is 13.8 Å².